The van der Waals surface area contributed by atoms with Crippen molar-refractivity contribution in [2.75, 3.05) is 20.6 Å². The molecule has 1 amide bonds. The van der Waals surface area contributed by atoms with Crippen molar-refractivity contribution >= 4 is 5.91 Å². The van der Waals surface area contributed by atoms with Crippen LogP contribution in [0, 0.1) is 11.3 Å². The minimum absolute atomic E-state index is 0.0211. The van der Waals surface area contributed by atoms with E-state index in [1.54, 1.807) is 25.9 Å². The number of rotatable bonds is 4. The maximum Gasteiger partial charge on any atom is 0.239 e. The Bertz CT molecular complexity index is 185. The molecule has 0 saturated carbocycles. The molecule has 0 aliphatic heterocycles. The van der Waals surface area contributed by atoms with E-state index in [-0.39, 0.29) is 11.9 Å². The van der Waals surface area contributed by atoms with Gasteiger partial charge in [-0.2, -0.15) is 5.26 Å². The number of amides is 1. The fourth-order valence-corrected chi connectivity index (χ4v) is 0.782. The van der Waals surface area contributed by atoms with E-state index in [2.05, 4.69) is 5.32 Å². The number of carbonyl (C=O) groups is 1. The van der Waals surface area contributed by atoms with Crippen molar-refractivity contribution in [3.8, 4) is 6.07 Å². The molecule has 1 unspecified atom stereocenters. The zero-order valence-electron chi connectivity index (χ0n) is 7.79. The molecule has 1 atom stereocenters. The lowest BCUT2D eigenvalue weighted by Crippen LogP contribution is -2.41. The minimum Gasteiger partial charge on any atom is -0.343 e. The van der Waals surface area contributed by atoms with Gasteiger partial charge < -0.3 is 10.2 Å². The van der Waals surface area contributed by atoms with E-state index in [9.17, 15) is 4.79 Å². The molecule has 0 bridgehead atoms. The fourth-order valence-electron chi connectivity index (χ4n) is 0.782. The van der Waals surface area contributed by atoms with Crippen molar-refractivity contribution in [3.05, 3.63) is 0 Å². The molecule has 0 aliphatic carbocycles. The van der Waals surface area contributed by atoms with E-state index in [0.29, 0.717) is 13.0 Å². The molecule has 12 heavy (non-hydrogen) atoms. The van der Waals surface area contributed by atoms with Crippen molar-refractivity contribution < 1.29 is 4.79 Å². The molecule has 0 aromatic heterocycles. The number of nitriles is 1. The Morgan fingerprint density at radius 3 is 2.75 bits per heavy atom. The van der Waals surface area contributed by atoms with Crippen molar-refractivity contribution in [1.82, 2.24) is 10.2 Å². The molecule has 4 nitrogen and oxygen atoms in total. The van der Waals surface area contributed by atoms with E-state index in [1.807, 2.05) is 6.07 Å². The van der Waals surface area contributed by atoms with Crippen LogP contribution in [-0.2, 0) is 4.79 Å². The van der Waals surface area contributed by atoms with Gasteiger partial charge in [0.25, 0.3) is 0 Å². The lowest BCUT2D eigenvalue weighted by Gasteiger charge is -2.19. The maximum absolute atomic E-state index is 11.3. The summed E-state index contributed by atoms with van der Waals surface area (Å²) in [6.45, 7) is 2.30. The predicted octanol–water partition coefficient (Wildman–Crippen LogP) is -0.0336. The van der Waals surface area contributed by atoms with Gasteiger partial charge in [0.15, 0.2) is 0 Å². The second-order valence-corrected chi connectivity index (χ2v) is 2.68. The first-order valence-corrected chi connectivity index (χ1v) is 3.92. The molecular formula is C8H15N3O. The third-order valence-corrected chi connectivity index (χ3v) is 1.74. The fraction of sp³-hybridized carbons (Fsp3) is 0.750. The zero-order chi connectivity index (χ0) is 9.56. The number of carbonyl (C=O) groups excluding carboxylic acids is 1. The van der Waals surface area contributed by atoms with Crippen LogP contribution < -0.4 is 5.32 Å². The Labute approximate surface area is 73.2 Å². The third-order valence-electron chi connectivity index (χ3n) is 1.74. The van der Waals surface area contributed by atoms with Gasteiger partial charge in [0.05, 0.1) is 18.5 Å². The Hall–Kier alpha value is -1.08. The van der Waals surface area contributed by atoms with Crippen LogP contribution in [-0.4, -0.2) is 37.5 Å². The summed E-state index contributed by atoms with van der Waals surface area (Å²) in [7, 11) is 3.44. The van der Waals surface area contributed by atoms with E-state index in [4.69, 9.17) is 5.26 Å². The van der Waals surface area contributed by atoms with Crippen LogP contribution in [0.15, 0.2) is 0 Å². The van der Waals surface area contributed by atoms with Gasteiger partial charge in [0.1, 0.15) is 0 Å². The number of hydrogen-bond donors (Lipinski definition) is 1. The molecule has 0 fully saturated rings. The minimum atomic E-state index is -0.173. The first-order chi connectivity index (χ1) is 5.63. The average Bonchev–Trinajstić information content (AvgIpc) is 2.11. The van der Waals surface area contributed by atoms with Gasteiger partial charge in [-0.25, -0.2) is 0 Å². The lowest BCUT2D eigenvalue weighted by atomic mass is 10.3. The van der Waals surface area contributed by atoms with Crippen molar-refractivity contribution in [2.45, 2.75) is 19.4 Å². The molecular weight excluding hydrogens is 154 g/mol. The van der Waals surface area contributed by atoms with Gasteiger partial charge in [-0.1, -0.05) is 0 Å². The number of nitrogens with one attached hydrogen (secondary N) is 1. The summed E-state index contributed by atoms with van der Waals surface area (Å²) in [5.74, 6) is 0.0211. The van der Waals surface area contributed by atoms with E-state index in [1.165, 1.54) is 0 Å². The highest BCUT2D eigenvalue weighted by Gasteiger charge is 2.14. The Balaban J connectivity index is 3.85. The molecule has 0 heterocycles. The van der Waals surface area contributed by atoms with E-state index >= 15 is 0 Å². The molecule has 1 N–H and O–H groups in total. The van der Waals surface area contributed by atoms with Crippen LogP contribution in [0.3, 0.4) is 0 Å². The third kappa shape index (κ3) is 3.35. The van der Waals surface area contributed by atoms with Crippen LogP contribution >= 0.6 is 0 Å². The molecule has 0 radical (unpaired) electrons. The molecule has 4 heteroatoms. The number of nitrogens with zero attached hydrogens (tertiary/aromatic N) is 2. The number of hydrogen-bond acceptors (Lipinski definition) is 3. The van der Waals surface area contributed by atoms with Gasteiger partial charge in [-0.3, -0.25) is 4.79 Å². The molecule has 0 spiro atoms. The Morgan fingerprint density at radius 1 is 1.75 bits per heavy atom. The maximum atomic E-state index is 11.3. The first-order valence-electron chi connectivity index (χ1n) is 3.92. The van der Waals surface area contributed by atoms with Crippen LogP contribution in [0.25, 0.3) is 0 Å². The van der Waals surface area contributed by atoms with Crippen molar-refractivity contribution in [2.24, 2.45) is 0 Å². The topological polar surface area (TPSA) is 56.1 Å². The Kier molecular flexibility index (Phi) is 5.06. The molecule has 68 valence electrons. The van der Waals surface area contributed by atoms with E-state index < -0.39 is 0 Å². The standard InChI is InChI=1S/C8H15N3O/c1-7(10-2)8(12)11(3)6-4-5-9/h7,10H,4,6H2,1-3H3. The van der Waals surface area contributed by atoms with Crippen molar-refractivity contribution in [1.29, 1.82) is 5.26 Å². The molecule has 0 aromatic carbocycles. The normalized spacial score (nSPS) is 11.8. The largest absolute Gasteiger partial charge is 0.343 e. The second kappa shape index (κ2) is 5.56. The second-order valence-electron chi connectivity index (χ2n) is 2.68. The summed E-state index contributed by atoms with van der Waals surface area (Å²) in [6.07, 6.45) is 0.388. The van der Waals surface area contributed by atoms with Gasteiger partial charge in [0.2, 0.25) is 5.91 Å². The predicted molar refractivity (Wildman–Crippen MR) is 46.4 cm³/mol. The van der Waals surface area contributed by atoms with Gasteiger partial charge >= 0.3 is 0 Å². The molecule has 0 saturated heterocycles. The van der Waals surface area contributed by atoms with Crippen LogP contribution in [0.1, 0.15) is 13.3 Å². The SMILES string of the molecule is CNC(C)C(=O)N(C)CCC#N. The number of likely N-dealkylation sites (N-methyl/N-ethyl adjacent to an activating group) is 2. The van der Waals surface area contributed by atoms with Crippen LogP contribution in [0.5, 0.6) is 0 Å². The first kappa shape index (κ1) is 10.9. The molecule has 0 rings (SSSR count). The van der Waals surface area contributed by atoms with Crippen LogP contribution in [0.4, 0.5) is 0 Å². The lowest BCUT2D eigenvalue weighted by molar-refractivity contribution is -0.131. The highest BCUT2D eigenvalue weighted by molar-refractivity contribution is 5.81. The van der Waals surface area contributed by atoms with Gasteiger partial charge in [-0.05, 0) is 14.0 Å². The monoisotopic (exact) mass is 169 g/mol. The molecule has 0 aliphatic rings. The van der Waals surface area contributed by atoms with Gasteiger partial charge in [-0.15, -0.1) is 0 Å². The highest BCUT2D eigenvalue weighted by Crippen LogP contribution is 1.92. The van der Waals surface area contributed by atoms with E-state index in [0.717, 1.165) is 0 Å². The molecule has 0 aromatic rings. The summed E-state index contributed by atoms with van der Waals surface area (Å²) in [5.41, 5.74) is 0. The summed E-state index contributed by atoms with van der Waals surface area (Å²) < 4.78 is 0. The quantitative estimate of drug-likeness (QED) is 0.642. The average molecular weight is 169 g/mol. The summed E-state index contributed by atoms with van der Waals surface area (Å²) in [4.78, 5) is 12.9. The smallest absolute Gasteiger partial charge is 0.239 e. The zero-order valence-corrected chi connectivity index (χ0v) is 7.79. The summed E-state index contributed by atoms with van der Waals surface area (Å²) in [5, 5.41) is 11.1. The highest BCUT2D eigenvalue weighted by atomic mass is 16.2. The van der Waals surface area contributed by atoms with Crippen molar-refractivity contribution in [3.63, 3.8) is 0 Å². The summed E-state index contributed by atoms with van der Waals surface area (Å²) in [6, 6.07) is 1.82. The Morgan fingerprint density at radius 2 is 2.33 bits per heavy atom. The van der Waals surface area contributed by atoms with Gasteiger partial charge in [0, 0.05) is 13.6 Å². The van der Waals surface area contributed by atoms with Crippen LogP contribution in [0.2, 0.25) is 0 Å². The summed E-state index contributed by atoms with van der Waals surface area (Å²) >= 11 is 0.